The molecule has 0 saturated heterocycles. The molecule has 3 heteroatoms. The lowest BCUT2D eigenvalue weighted by Gasteiger charge is -2.09. The fourth-order valence-corrected chi connectivity index (χ4v) is 1.47. The van der Waals surface area contributed by atoms with Crippen LogP contribution in [0.15, 0.2) is 24.3 Å². The molecule has 86 valence electrons. The second kappa shape index (κ2) is 6.05. The van der Waals surface area contributed by atoms with Crippen LogP contribution in [0.25, 0.3) is 0 Å². The van der Waals surface area contributed by atoms with Gasteiger partial charge in [0.2, 0.25) is 5.91 Å². The van der Waals surface area contributed by atoms with Gasteiger partial charge in [0.1, 0.15) is 0 Å². The number of rotatable bonds is 5. The SMILES string of the molecule is CCCCC(=O)Nc1ccccc1C(C)=N. The minimum Gasteiger partial charge on any atom is -0.325 e. The van der Waals surface area contributed by atoms with Gasteiger partial charge >= 0.3 is 0 Å². The normalized spacial score (nSPS) is 9.88. The molecule has 0 fully saturated rings. The van der Waals surface area contributed by atoms with Crippen LogP contribution in [0.1, 0.15) is 38.7 Å². The molecule has 0 aliphatic heterocycles. The Bertz CT molecular complexity index is 385. The Morgan fingerprint density at radius 1 is 1.38 bits per heavy atom. The van der Waals surface area contributed by atoms with E-state index in [1.807, 2.05) is 24.3 Å². The predicted octanol–water partition coefficient (Wildman–Crippen LogP) is 3.20. The zero-order chi connectivity index (χ0) is 12.0. The van der Waals surface area contributed by atoms with Crippen molar-refractivity contribution in [1.29, 1.82) is 5.41 Å². The van der Waals surface area contributed by atoms with Crippen molar-refractivity contribution in [1.82, 2.24) is 0 Å². The Hall–Kier alpha value is -1.64. The Morgan fingerprint density at radius 2 is 2.06 bits per heavy atom. The molecule has 1 aromatic carbocycles. The van der Waals surface area contributed by atoms with Gasteiger partial charge in [-0.3, -0.25) is 4.79 Å². The molecule has 0 unspecified atom stereocenters. The maximum absolute atomic E-state index is 11.6. The summed E-state index contributed by atoms with van der Waals surface area (Å²) in [7, 11) is 0. The number of benzene rings is 1. The smallest absolute Gasteiger partial charge is 0.224 e. The maximum Gasteiger partial charge on any atom is 0.224 e. The lowest BCUT2D eigenvalue weighted by molar-refractivity contribution is -0.116. The Labute approximate surface area is 96.4 Å². The molecule has 16 heavy (non-hydrogen) atoms. The van der Waals surface area contributed by atoms with Gasteiger partial charge < -0.3 is 10.7 Å². The van der Waals surface area contributed by atoms with E-state index in [0.717, 1.165) is 24.1 Å². The summed E-state index contributed by atoms with van der Waals surface area (Å²) >= 11 is 0. The van der Waals surface area contributed by atoms with Crippen molar-refractivity contribution in [3.63, 3.8) is 0 Å². The fraction of sp³-hybridized carbons (Fsp3) is 0.385. The molecule has 3 nitrogen and oxygen atoms in total. The molecular weight excluding hydrogens is 200 g/mol. The third-order valence-electron chi connectivity index (χ3n) is 2.36. The zero-order valence-electron chi connectivity index (χ0n) is 9.84. The van der Waals surface area contributed by atoms with Crippen LogP contribution in [0.5, 0.6) is 0 Å². The fourth-order valence-electron chi connectivity index (χ4n) is 1.47. The van der Waals surface area contributed by atoms with Gasteiger partial charge in [0, 0.05) is 23.4 Å². The molecule has 0 saturated carbocycles. The van der Waals surface area contributed by atoms with Gasteiger partial charge in [-0.1, -0.05) is 31.5 Å². The molecule has 0 aliphatic carbocycles. The van der Waals surface area contributed by atoms with E-state index in [-0.39, 0.29) is 5.91 Å². The summed E-state index contributed by atoms with van der Waals surface area (Å²) in [6.07, 6.45) is 2.46. The number of hydrogen-bond acceptors (Lipinski definition) is 2. The molecule has 1 aromatic rings. The van der Waals surface area contributed by atoms with Crippen molar-refractivity contribution in [3.05, 3.63) is 29.8 Å². The van der Waals surface area contributed by atoms with Crippen LogP contribution in [0.3, 0.4) is 0 Å². The average molecular weight is 218 g/mol. The highest BCUT2D eigenvalue weighted by molar-refractivity contribution is 6.04. The second-order valence-corrected chi connectivity index (χ2v) is 3.82. The molecule has 0 spiro atoms. The van der Waals surface area contributed by atoms with E-state index in [0.29, 0.717) is 12.1 Å². The monoisotopic (exact) mass is 218 g/mol. The largest absolute Gasteiger partial charge is 0.325 e. The van der Waals surface area contributed by atoms with Gasteiger partial charge in [-0.05, 0) is 19.4 Å². The predicted molar refractivity (Wildman–Crippen MR) is 67.1 cm³/mol. The number of para-hydroxylation sites is 1. The van der Waals surface area contributed by atoms with E-state index < -0.39 is 0 Å². The topological polar surface area (TPSA) is 53.0 Å². The minimum absolute atomic E-state index is 0.0237. The number of anilines is 1. The summed E-state index contributed by atoms with van der Waals surface area (Å²) in [4.78, 5) is 11.6. The van der Waals surface area contributed by atoms with Gasteiger partial charge in [0.25, 0.3) is 0 Å². The van der Waals surface area contributed by atoms with Crippen LogP contribution in [0.2, 0.25) is 0 Å². The van der Waals surface area contributed by atoms with Crippen LogP contribution in [0, 0.1) is 5.41 Å². The summed E-state index contributed by atoms with van der Waals surface area (Å²) in [5.74, 6) is 0.0237. The van der Waals surface area contributed by atoms with Crippen LogP contribution >= 0.6 is 0 Å². The van der Waals surface area contributed by atoms with E-state index in [4.69, 9.17) is 5.41 Å². The molecule has 1 amide bonds. The first kappa shape index (κ1) is 12.4. The number of carbonyl (C=O) groups excluding carboxylic acids is 1. The van der Waals surface area contributed by atoms with E-state index in [2.05, 4.69) is 12.2 Å². The van der Waals surface area contributed by atoms with E-state index in [1.54, 1.807) is 6.92 Å². The first-order chi connectivity index (χ1) is 7.65. The van der Waals surface area contributed by atoms with Crippen molar-refractivity contribution < 1.29 is 4.79 Å². The zero-order valence-corrected chi connectivity index (χ0v) is 9.84. The summed E-state index contributed by atoms with van der Waals surface area (Å²) in [5, 5.41) is 10.5. The molecule has 0 bridgehead atoms. The summed E-state index contributed by atoms with van der Waals surface area (Å²) < 4.78 is 0. The highest BCUT2D eigenvalue weighted by Crippen LogP contribution is 2.15. The van der Waals surface area contributed by atoms with E-state index in [1.165, 1.54) is 0 Å². The van der Waals surface area contributed by atoms with Crippen LogP contribution < -0.4 is 5.32 Å². The Kier molecular flexibility index (Phi) is 4.70. The quantitative estimate of drug-likeness (QED) is 0.732. The number of nitrogens with one attached hydrogen (secondary N) is 2. The highest BCUT2D eigenvalue weighted by Gasteiger charge is 2.06. The van der Waals surface area contributed by atoms with Crippen molar-refractivity contribution in [3.8, 4) is 0 Å². The molecule has 0 radical (unpaired) electrons. The Morgan fingerprint density at radius 3 is 2.69 bits per heavy atom. The summed E-state index contributed by atoms with van der Waals surface area (Å²) in [5.41, 5.74) is 1.98. The third-order valence-corrected chi connectivity index (χ3v) is 2.36. The average Bonchev–Trinajstić information content (AvgIpc) is 2.27. The summed E-state index contributed by atoms with van der Waals surface area (Å²) in [6, 6.07) is 7.41. The molecule has 0 aromatic heterocycles. The number of hydrogen-bond donors (Lipinski definition) is 2. The van der Waals surface area contributed by atoms with Gasteiger partial charge in [0.15, 0.2) is 0 Å². The molecule has 0 aliphatic rings. The molecule has 0 heterocycles. The molecular formula is C13H18N2O. The van der Waals surface area contributed by atoms with Crippen molar-refractivity contribution in [2.24, 2.45) is 0 Å². The van der Waals surface area contributed by atoms with E-state index in [9.17, 15) is 4.79 Å². The minimum atomic E-state index is 0.0237. The maximum atomic E-state index is 11.6. The Balaban J connectivity index is 2.73. The van der Waals surface area contributed by atoms with Gasteiger partial charge in [0.05, 0.1) is 0 Å². The van der Waals surface area contributed by atoms with Crippen LogP contribution in [-0.2, 0) is 4.79 Å². The molecule has 1 rings (SSSR count). The van der Waals surface area contributed by atoms with Crippen molar-refractivity contribution in [2.45, 2.75) is 33.1 Å². The summed E-state index contributed by atoms with van der Waals surface area (Å²) in [6.45, 7) is 3.78. The second-order valence-electron chi connectivity index (χ2n) is 3.82. The lowest BCUT2D eigenvalue weighted by atomic mass is 10.1. The number of amides is 1. The lowest BCUT2D eigenvalue weighted by Crippen LogP contribution is -2.13. The molecule has 0 atom stereocenters. The van der Waals surface area contributed by atoms with Crippen LogP contribution in [-0.4, -0.2) is 11.6 Å². The standard InChI is InChI=1S/C13H18N2O/c1-3-4-9-13(16)15-12-8-6-5-7-11(12)10(2)14/h5-8,14H,3-4,9H2,1-2H3,(H,15,16). The highest BCUT2D eigenvalue weighted by atomic mass is 16.1. The van der Waals surface area contributed by atoms with Gasteiger partial charge in [-0.25, -0.2) is 0 Å². The first-order valence-electron chi connectivity index (χ1n) is 5.59. The van der Waals surface area contributed by atoms with Gasteiger partial charge in [-0.15, -0.1) is 0 Å². The van der Waals surface area contributed by atoms with Gasteiger partial charge in [-0.2, -0.15) is 0 Å². The number of carbonyl (C=O) groups is 1. The van der Waals surface area contributed by atoms with Crippen molar-refractivity contribution in [2.75, 3.05) is 5.32 Å². The third kappa shape index (κ3) is 3.50. The first-order valence-corrected chi connectivity index (χ1v) is 5.59. The molecule has 2 N–H and O–H groups in total. The van der Waals surface area contributed by atoms with Crippen LogP contribution in [0.4, 0.5) is 5.69 Å². The van der Waals surface area contributed by atoms with E-state index >= 15 is 0 Å². The number of unbranched alkanes of at least 4 members (excludes halogenated alkanes) is 1. The van der Waals surface area contributed by atoms with Crippen molar-refractivity contribution >= 4 is 17.3 Å².